The average Bonchev–Trinajstić information content (AvgIpc) is 2.70. The Labute approximate surface area is 169 Å². The Morgan fingerprint density at radius 2 is 1.72 bits per heavy atom. The van der Waals surface area contributed by atoms with Crippen molar-refractivity contribution in [3.05, 3.63) is 58.1 Å². The Bertz CT molecular complexity index is 986. The van der Waals surface area contributed by atoms with Gasteiger partial charge >= 0.3 is 0 Å². The Balaban J connectivity index is 2.39. The molecule has 10 heteroatoms. The molecule has 0 spiro atoms. The maximum Gasteiger partial charge on any atom is 0.269 e. The van der Waals surface area contributed by atoms with Crippen LogP contribution >= 0.6 is 0 Å². The van der Waals surface area contributed by atoms with Gasteiger partial charge in [0.2, 0.25) is 10.0 Å². The van der Waals surface area contributed by atoms with E-state index in [0.29, 0.717) is 25.4 Å². The molecule has 0 radical (unpaired) electrons. The summed E-state index contributed by atoms with van der Waals surface area (Å²) in [6, 6.07) is 9.36. The number of nitro benzene ring substituents is 1. The van der Waals surface area contributed by atoms with E-state index >= 15 is 0 Å². The highest BCUT2D eigenvalue weighted by Crippen LogP contribution is 2.30. The summed E-state index contributed by atoms with van der Waals surface area (Å²) in [6.07, 6.45) is 0. The number of ether oxygens (including phenoxy) is 1. The van der Waals surface area contributed by atoms with E-state index in [1.807, 2.05) is 0 Å². The van der Waals surface area contributed by atoms with Crippen molar-refractivity contribution in [3.63, 3.8) is 0 Å². The molecule has 0 unspecified atom stereocenters. The summed E-state index contributed by atoms with van der Waals surface area (Å²) in [4.78, 5) is 22.8. The molecule has 0 aliphatic carbocycles. The number of sulfonamides is 1. The van der Waals surface area contributed by atoms with E-state index in [2.05, 4.69) is 5.32 Å². The number of benzene rings is 2. The molecule has 0 atom stereocenters. The summed E-state index contributed by atoms with van der Waals surface area (Å²) in [6.45, 7) is 6.21. The van der Waals surface area contributed by atoms with Crippen LogP contribution in [0.1, 0.15) is 31.1 Å². The summed E-state index contributed by atoms with van der Waals surface area (Å²) in [5.41, 5.74) is 0.252. The molecule has 0 aliphatic rings. The van der Waals surface area contributed by atoms with Crippen LogP contribution in [0, 0.1) is 10.1 Å². The number of amides is 1. The monoisotopic (exact) mass is 421 g/mol. The first-order valence-corrected chi connectivity index (χ1v) is 10.5. The van der Waals surface area contributed by atoms with Crippen molar-refractivity contribution < 1.29 is 22.9 Å². The molecule has 0 fully saturated rings. The minimum absolute atomic E-state index is 0.0312. The summed E-state index contributed by atoms with van der Waals surface area (Å²) >= 11 is 0. The first-order chi connectivity index (χ1) is 13.7. The van der Waals surface area contributed by atoms with Crippen molar-refractivity contribution in [2.45, 2.75) is 25.7 Å². The van der Waals surface area contributed by atoms with Crippen LogP contribution in [0.5, 0.6) is 5.75 Å². The molecular formula is C19H23N3O6S. The maximum atomic E-state index is 12.8. The van der Waals surface area contributed by atoms with Gasteiger partial charge in [0.15, 0.2) is 0 Å². The zero-order valence-electron chi connectivity index (χ0n) is 16.4. The van der Waals surface area contributed by atoms with Crippen LogP contribution in [-0.2, 0) is 10.0 Å². The zero-order valence-corrected chi connectivity index (χ0v) is 17.2. The molecule has 0 heterocycles. The average molecular weight is 421 g/mol. The molecule has 0 bridgehead atoms. The lowest BCUT2D eigenvalue weighted by atomic mass is 10.2. The summed E-state index contributed by atoms with van der Waals surface area (Å²) in [5, 5.41) is 13.4. The molecule has 0 saturated carbocycles. The van der Waals surface area contributed by atoms with E-state index in [-0.39, 0.29) is 21.8 Å². The number of non-ortho nitro benzene ring substituents is 1. The second kappa shape index (κ2) is 9.48. The highest BCUT2D eigenvalue weighted by Gasteiger charge is 2.23. The first-order valence-electron chi connectivity index (χ1n) is 9.07. The van der Waals surface area contributed by atoms with Gasteiger partial charge in [0.1, 0.15) is 5.75 Å². The lowest BCUT2D eigenvalue weighted by molar-refractivity contribution is -0.384. The van der Waals surface area contributed by atoms with Crippen LogP contribution in [0.4, 0.5) is 11.4 Å². The van der Waals surface area contributed by atoms with E-state index < -0.39 is 20.9 Å². The number of nitrogens with zero attached hydrogens (tertiary/aromatic N) is 2. The third-order valence-corrected chi connectivity index (χ3v) is 6.23. The van der Waals surface area contributed by atoms with E-state index in [1.165, 1.54) is 46.8 Å². The van der Waals surface area contributed by atoms with Crippen LogP contribution in [0.3, 0.4) is 0 Å². The standard InChI is InChI=1S/C19H23N3O6S/c1-4-21(5-2)29(26,27)16-11-12-18(28-6-3)17(13-16)20-19(23)14-7-9-15(10-8-14)22(24)25/h7-13H,4-6H2,1-3H3,(H,20,23). The number of carbonyl (C=O) groups excluding carboxylic acids is 1. The molecule has 0 aliphatic heterocycles. The minimum Gasteiger partial charge on any atom is -0.492 e. The molecule has 9 nitrogen and oxygen atoms in total. The van der Waals surface area contributed by atoms with E-state index in [4.69, 9.17) is 4.74 Å². The third kappa shape index (κ3) is 5.09. The normalized spacial score (nSPS) is 11.3. The van der Waals surface area contributed by atoms with Crippen molar-refractivity contribution >= 4 is 27.3 Å². The highest BCUT2D eigenvalue weighted by molar-refractivity contribution is 7.89. The predicted molar refractivity (Wildman–Crippen MR) is 109 cm³/mol. The lowest BCUT2D eigenvalue weighted by Crippen LogP contribution is -2.30. The molecule has 2 aromatic carbocycles. The second-order valence-corrected chi connectivity index (χ2v) is 7.88. The zero-order chi connectivity index (χ0) is 21.6. The Kier molecular flexibility index (Phi) is 7.29. The third-order valence-electron chi connectivity index (χ3n) is 4.18. The van der Waals surface area contributed by atoms with Crippen molar-refractivity contribution in [1.82, 2.24) is 4.31 Å². The first kappa shape index (κ1) is 22.3. The largest absolute Gasteiger partial charge is 0.492 e. The predicted octanol–water partition coefficient (Wildman–Crippen LogP) is 3.28. The molecule has 29 heavy (non-hydrogen) atoms. The van der Waals surface area contributed by atoms with Gasteiger partial charge in [-0.25, -0.2) is 8.42 Å². The number of nitrogens with one attached hydrogen (secondary N) is 1. The quantitative estimate of drug-likeness (QED) is 0.490. The molecule has 1 N–H and O–H groups in total. The van der Waals surface area contributed by atoms with Crippen LogP contribution < -0.4 is 10.1 Å². The topological polar surface area (TPSA) is 119 Å². The van der Waals surface area contributed by atoms with Gasteiger partial charge in [0, 0.05) is 30.8 Å². The van der Waals surface area contributed by atoms with Crippen molar-refractivity contribution in [1.29, 1.82) is 0 Å². The molecule has 0 aromatic heterocycles. The van der Waals surface area contributed by atoms with Crippen LogP contribution in [0.2, 0.25) is 0 Å². The minimum atomic E-state index is -3.72. The van der Waals surface area contributed by atoms with Crippen LogP contribution in [0.15, 0.2) is 47.4 Å². The van der Waals surface area contributed by atoms with Gasteiger partial charge in [0.25, 0.3) is 11.6 Å². The Morgan fingerprint density at radius 1 is 1.10 bits per heavy atom. The van der Waals surface area contributed by atoms with Crippen molar-refractivity contribution in [2.24, 2.45) is 0 Å². The highest BCUT2D eigenvalue weighted by atomic mass is 32.2. The maximum absolute atomic E-state index is 12.8. The number of carbonyl (C=O) groups is 1. The van der Waals surface area contributed by atoms with Gasteiger partial charge in [-0.05, 0) is 37.3 Å². The van der Waals surface area contributed by atoms with Gasteiger partial charge in [-0.2, -0.15) is 4.31 Å². The van der Waals surface area contributed by atoms with Crippen LogP contribution in [-0.4, -0.2) is 43.2 Å². The molecular weight excluding hydrogens is 398 g/mol. The Hall–Kier alpha value is -2.98. The molecule has 0 saturated heterocycles. The molecule has 2 aromatic rings. The van der Waals surface area contributed by atoms with Gasteiger partial charge in [-0.15, -0.1) is 0 Å². The number of rotatable bonds is 9. The summed E-state index contributed by atoms with van der Waals surface area (Å²) in [7, 11) is -3.72. The summed E-state index contributed by atoms with van der Waals surface area (Å²) < 4.78 is 32.4. The number of nitro groups is 1. The Morgan fingerprint density at radius 3 is 2.24 bits per heavy atom. The second-order valence-electron chi connectivity index (χ2n) is 5.94. The smallest absolute Gasteiger partial charge is 0.269 e. The van der Waals surface area contributed by atoms with E-state index in [0.717, 1.165) is 0 Å². The number of anilines is 1. The lowest BCUT2D eigenvalue weighted by Gasteiger charge is -2.20. The van der Waals surface area contributed by atoms with E-state index in [1.54, 1.807) is 20.8 Å². The van der Waals surface area contributed by atoms with E-state index in [9.17, 15) is 23.3 Å². The molecule has 1 amide bonds. The van der Waals surface area contributed by atoms with Gasteiger partial charge < -0.3 is 10.1 Å². The van der Waals surface area contributed by atoms with Gasteiger partial charge in [-0.3, -0.25) is 14.9 Å². The van der Waals surface area contributed by atoms with Crippen LogP contribution in [0.25, 0.3) is 0 Å². The fraction of sp³-hybridized carbons (Fsp3) is 0.316. The number of hydrogen-bond acceptors (Lipinski definition) is 6. The van der Waals surface area contributed by atoms with Crippen molar-refractivity contribution in [3.8, 4) is 5.75 Å². The fourth-order valence-corrected chi connectivity index (χ4v) is 4.17. The van der Waals surface area contributed by atoms with Gasteiger partial charge in [-0.1, -0.05) is 13.8 Å². The number of hydrogen-bond donors (Lipinski definition) is 1. The SMILES string of the molecule is CCOc1ccc(S(=O)(=O)N(CC)CC)cc1NC(=O)c1ccc([N+](=O)[O-])cc1. The van der Waals surface area contributed by atoms with Crippen molar-refractivity contribution in [2.75, 3.05) is 25.0 Å². The fourth-order valence-electron chi connectivity index (χ4n) is 2.69. The summed E-state index contributed by atoms with van der Waals surface area (Å²) in [5.74, 6) is -0.223. The van der Waals surface area contributed by atoms with Gasteiger partial charge in [0.05, 0.1) is 22.1 Å². The molecule has 156 valence electrons. The molecule has 2 rings (SSSR count).